The number of hydrogen-bond donors (Lipinski definition) is 2. The van der Waals surface area contributed by atoms with E-state index >= 15 is 0 Å². The Labute approximate surface area is 120 Å². The standard InChI is InChI=1S/C15H13NO3S/c17-13-8-6-11(7-9-13)14(18)10-20-15(19)16-12-4-2-1-3-5-12/h1-9,17H,10H2,(H,16,19). The summed E-state index contributed by atoms with van der Waals surface area (Å²) in [6.07, 6.45) is 0. The third kappa shape index (κ3) is 4.13. The number of Topliss-reactive ketones (excluding diaryl/α,β-unsaturated/α-hetero) is 1. The Bertz CT molecular complexity index is 596. The molecule has 2 N–H and O–H groups in total. The second-order valence-electron chi connectivity index (χ2n) is 4.04. The number of carbonyl (C=O) groups excluding carboxylic acids is 2. The zero-order valence-electron chi connectivity index (χ0n) is 10.6. The van der Waals surface area contributed by atoms with E-state index in [1.54, 1.807) is 12.1 Å². The van der Waals surface area contributed by atoms with E-state index in [9.17, 15) is 9.59 Å². The molecule has 5 heteroatoms. The molecule has 0 aliphatic carbocycles. The van der Waals surface area contributed by atoms with E-state index in [0.717, 1.165) is 11.8 Å². The lowest BCUT2D eigenvalue weighted by Crippen LogP contribution is -2.10. The van der Waals surface area contributed by atoms with Gasteiger partial charge in [-0.2, -0.15) is 0 Å². The van der Waals surface area contributed by atoms with Crippen LogP contribution in [0.25, 0.3) is 0 Å². The minimum atomic E-state index is -0.275. The lowest BCUT2D eigenvalue weighted by Gasteiger charge is -2.04. The van der Waals surface area contributed by atoms with Crippen LogP contribution >= 0.6 is 11.8 Å². The molecule has 0 atom stereocenters. The number of aromatic hydroxyl groups is 1. The Hall–Kier alpha value is -2.27. The molecule has 2 aromatic rings. The van der Waals surface area contributed by atoms with Gasteiger partial charge in [0.25, 0.3) is 5.24 Å². The highest BCUT2D eigenvalue weighted by Gasteiger charge is 2.10. The van der Waals surface area contributed by atoms with Gasteiger partial charge in [0.1, 0.15) is 5.75 Å². The van der Waals surface area contributed by atoms with Crippen molar-refractivity contribution in [3.8, 4) is 5.75 Å². The normalized spacial score (nSPS) is 10.0. The minimum Gasteiger partial charge on any atom is -0.508 e. The van der Waals surface area contributed by atoms with Crippen molar-refractivity contribution in [1.82, 2.24) is 0 Å². The average molecular weight is 287 g/mol. The van der Waals surface area contributed by atoms with Crippen LogP contribution in [0.15, 0.2) is 54.6 Å². The number of phenolic OH excluding ortho intramolecular Hbond substituents is 1. The average Bonchev–Trinajstić information content (AvgIpc) is 2.46. The Balaban J connectivity index is 1.84. The highest BCUT2D eigenvalue weighted by molar-refractivity contribution is 8.14. The summed E-state index contributed by atoms with van der Waals surface area (Å²) in [5, 5.41) is 11.6. The first-order chi connectivity index (χ1) is 9.65. The van der Waals surface area contributed by atoms with Crippen LogP contribution in [-0.2, 0) is 0 Å². The van der Waals surface area contributed by atoms with Gasteiger partial charge in [-0.25, -0.2) is 0 Å². The van der Waals surface area contributed by atoms with Crippen molar-refractivity contribution in [3.05, 3.63) is 60.2 Å². The van der Waals surface area contributed by atoms with Crippen molar-refractivity contribution < 1.29 is 14.7 Å². The Morgan fingerprint density at radius 2 is 1.65 bits per heavy atom. The third-order valence-corrected chi connectivity index (χ3v) is 3.31. The van der Waals surface area contributed by atoms with Gasteiger partial charge in [-0.1, -0.05) is 30.0 Å². The van der Waals surface area contributed by atoms with Gasteiger partial charge in [0.2, 0.25) is 0 Å². The molecule has 0 saturated heterocycles. The quantitative estimate of drug-likeness (QED) is 0.844. The number of hydrogen-bond acceptors (Lipinski definition) is 4. The Morgan fingerprint density at radius 1 is 1.00 bits per heavy atom. The fraction of sp³-hybridized carbons (Fsp3) is 0.0667. The molecule has 0 spiro atoms. The first kappa shape index (κ1) is 14.1. The lowest BCUT2D eigenvalue weighted by molar-refractivity contribution is 0.102. The predicted octanol–water partition coefficient (Wildman–Crippen LogP) is 3.54. The summed E-state index contributed by atoms with van der Waals surface area (Å²) >= 11 is 0.916. The molecule has 0 aromatic heterocycles. The molecule has 2 rings (SSSR count). The number of para-hydroxylation sites is 1. The van der Waals surface area contributed by atoms with E-state index < -0.39 is 0 Å². The van der Waals surface area contributed by atoms with Crippen LogP contribution in [0.4, 0.5) is 10.5 Å². The largest absolute Gasteiger partial charge is 0.508 e. The summed E-state index contributed by atoms with van der Waals surface area (Å²) in [4.78, 5) is 23.5. The van der Waals surface area contributed by atoms with Crippen LogP contribution in [0.1, 0.15) is 10.4 Å². The third-order valence-electron chi connectivity index (χ3n) is 2.54. The number of nitrogens with one attached hydrogen (secondary N) is 1. The van der Waals surface area contributed by atoms with E-state index in [2.05, 4.69) is 5.32 Å². The smallest absolute Gasteiger partial charge is 0.283 e. The fourth-order valence-corrected chi connectivity index (χ4v) is 2.16. The van der Waals surface area contributed by atoms with Crippen molar-refractivity contribution in [2.45, 2.75) is 0 Å². The monoisotopic (exact) mass is 287 g/mol. The molecule has 2 aromatic carbocycles. The SMILES string of the molecule is O=C(Nc1ccccc1)SCC(=O)c1ccc(O)cc1. The van der Waals surface area contributed by atoms with E-state index in [0.29, 0.717) is 11.3 Å². The van der Waals surface area contributed by atoms with Crippen molar-refractivity contribution in [2.75, 3.05) is 11.1 Å². The Morgan fingerprint density at radius 3 is 2.30 bits per heavy atom. The van der Waals surface area contributed by atoms with Gasteiger partial charge in [0.05, 0.1) is 5.75 Å². The molecular formula is C15H13NO3S. The zero-order chi connectivity index (χ0) is 14.4. The summed E-state index contributed by atoms with van der Waals surface area (Å²) in [7, 11) is 0. The molecule has 0 unspecified atom stereocenters. The molecular weight excluding hydrogens is 274 g/mol. The number of carbonyl (C=O) groups is 2. The maximum Gasteiger partial charge on any atom is 0.283 e. The molecule has 0 heterocycles. The number of thioether (sulfide) groups is 1. The summed E-state index contributed by atoms with van der Waals surface area (Å²) in [6, 6.07) is 15.0. The molecule has 102 valence electrons. The zero-order valence-corrected chi connectivity index (χ0v) is 11.4. The highest BCUT2D eigenvalue weighted by Crippen LogP contribution is 2.15. The van der Waals surface area contributed by atoms with Crippen molar-refractivity contribution in [2.24, 2.45) is 0 Å². The molecule has 0 aliphatic heterocycles. The van der Waals surface area contributed by atoms with Crippen LogP contribution in [0, 0.1) is 0 Å². The van der Waals surface area contributed by atoms with Crippen molar-refractivity contribution in [1.29, 1.82) is 0 Å². The van der Waals surface area contributed by atoms with Gasteiger partial charge in [-0.3, -0.25) is 9.59 Å². The molecule has 0 saturated carbocycles. The minimum absolute atomic E-state index is 0.0590. The number of rotatable bonds is 4. The Kier molecular flexibility index (Phi) is 4.79. The molecule has 20 heavy (non-hydrogen) atoms. The van der Waals surface area contributed by atoms with E-state index in [-0.39, 0.29) is 22.5 Å². The van der Waals surface area contributed by atoms with Gasteiger partial charge in [0.15, 0.2) is 5.78 Å². The number of amides is 1. The number of ketones is 1. The van der Waals surface area contributed by atoms with Gasteiger partial charge >= 0.3 is 0 Å². The second-order valence-corrected chi connectivity index (χ2v) is 4.99. The maximum atomic E-state index is 11.8. The number of phenols is 1. The van der Waals surface area contributed by atoms with Gasteiger partial charge in [-0.05, 0) is 36.4 Å². The lowest BCUT2D eigenvalue weighted by atomic mass is 10.1. The number of anilines is 1. The van der Waals surface area contributed by atoms with Gasteiger partial charge in [0, 0.05) is 11.3 Å². The molecule has 0 fully saturated rings. The summed E-state index contributed by atoms with van der Waals surface area (Å²) in [5.74, 6) is 0.0120. The van der Waals surface area contributed by atoms with Crippen LogP contribution in [0.5, 0.6) is 5.75 Å². The van der Waals surface area contributed by atoms with Crippen LogP contribution < -0.4 is 5.32 Å². The van der Waals surface area contributed by atoms with Crippen LogP contribution in [-0.4, -0.2) is 21.9 Å². The van der Waals surface area contributed by atoms with E-state index in [4.69, 9.17) is 5.11 Å². The van der Waals surface area contributed by atoms with Gasteiger partial charge < -0.3 is 10.4 Å². The molecule has 0 bridgehead atoms. The van der Waals surface area contributed by atoms with Crippen LogP contribution in [0.3, 0.4) is 0 Å². The van der Waals surface area contributed by atoms with Crippen molar-refractivity contribution >= 4 is 28.5 Å². The van der Waals surface area contributed by atoms with Crippen LogP contribution in [0.2, 0.25) is 0 Å². The number of benzene rings is 2. The summed E-state index contributed by atoms with van der Waals surface area (Å²) in [6.45, 7) is 0. The van der Waals surface area contributed by atoms with E-state index in [1.807, 2.05) is 18.2 Å². The first-order valence-corrected chi connectivity index (χ1v) is 6.95. The highest BCUT2D eigenvalue weighted by atomic mass is 32.2. The summed E-state index contributed by atoms with van der Waals surface area (Å²) < 4.78 is 0. The first-order valence-electron chi connectivity index (χ1n) is 5.96. The predicted molar refractivity (Wildman–Crippen MR) is 80.4 cm³/mol. The molecule has 4 nitrogen and oxygen atoms in total. The van der Waals surface area contributed by atoms with E-state index in [1.165, 1.54) is 24.3 Å². The molecule has 0 radical (unpaired) electrons. The maximum absolute atomic E-state index is 11.8. The fourth-order valence-electron chi connectivity index (χ4n) is 1.54. The topological polar surface area (TPSA) is 66.4 Å². The molecule has 1 amide bonds. The second kappa shape index (κ2) is 6.77. The van der Waals surface area contributed by atoms with Crippen molar-refractivity contribution in [3.63, 3.8) is 0 Å². The summed E-state index contributed by atoms with van der Waals surface area (Å²) in [5.41, 5.74) is 1.17. The molecule has 0 aliphatic rings. The van der Waals surface area contributed by atoms with Gasteiger partial charge in [-0.15, -0.1) is 0 Å².